The predicted octanol–water partition coefficient (Wildman–Crippen LogP) is 8.14. The molecule has 0 saturated heterocycles. The number of hydrogen-bond acceptors (Lipinski definition) is 3. The lowest BCUT2D eigenvalue weighted by Crippen LogP contribution is -2.38. The Balaban J connectivity index is 1.54. The first kappa shape index (κ1) is 25.9. The fourth-order valence-electron chi connectivity index (χ4n) is 6.07. The SMILES string of the molecule is CCCC(C)C1CCC(C2CCC(C(F)(F)Oc3ccc(C(=O)CC)c(O)c3F)CC2)CC1. The quantitative estimate of drug-likeness (QED) is 0.372. The van der Waals surface area contributed by atoms with Gasteiger partial charge in [0, 0.05) is 6.42 Å². The number of ether oxygens (including phenoxy) is 1. The Morgan fingerprint density at radius 1 is 1.06 bits per heavy atom. The molecule has 33 heavy (non-hydrogen) atoms. The summed E-state index contributed by atoms with van der Waals surface area (Å²) in [4.78, 5) is 11.8. The number of carbonyl (C=O) groups is 1. The number of ketones is 1. The molecule has 3 rings (SSSR count). The molecule has 2 saturated carbocycles. The average molecular weight is 469 g/mol. The normalized spacial score (nSPS) is 27.2. The Hall–Kier alpha value is -1.72. The lowest BCUT2D eigenvalue weighted by molar-refractivity contribution is -0.225. The van der Waals surface area contributed by atoms with Gasteiger partial charge in [0.25, 0.3) is 0 Å². The van der Waals surface area contributed by atoms with E-state index in [1.54, 1.807) is 6.92 Å². The minimum Gasteiger partial charge on any atom is -0.504 e. The third kappa shape index (κ3) is 6.05. The van der Waals surface area contributed by atoms with Crippen LogP contribution in [-0.4, -0.2) is 17.0 Å². The molecule has 3 nitrogen and oxygen atoms in total. The summed E-state index contributed by atoms with van der Waals surface area (Å²) >= 11 is 0. The summed E-state index contributed by atoms with van der Waals surface area (Å²) in [5, 5.41) is 9.93. The Bertz CT molecular complexity index is 794. The van der Waals surface area contributed by atoms with E-state index in [4.69, 9.17) is 4.74 Å². The van der Waals surface area contributed by atoms with Gasteiger partial charge in [-0.25, -0.2) is 0 Å². The molecule has 1 atom stereocenters. The summed E-state index contributed by atoms with van der Waals surface area (Å²) in [7, 11) is 0. The van der Waals surface area contributed by atoms with Crippen LogP contribution in [0.3, 0.4) is 0 Å². The molecule has 1 N–H and O–H groups in total. The van der Waals surface area contributed by atoms with Gasteiger partial charge in [-0.15, -0.1) is 0 Å². The molecule has 0 amide bonds. The van der Waals surface area contributed by atoms with Gasteiger partial charge < -0.3 is 9.84 Å². The Morgan fingerprint density at radius 2 is 1.64 bits per heavy atom. The second kappa shape index (κ2) is 11.1. The number of rotatable bonds is 9. The maximum atomic E-state index is 14.9. The van der Waals surface area contributed by atoms with Gasteiger partial charge in [0.05, 0.1) is 11.5 Å². The van der Waals surface area contributed by atoms with Crippen molar-refractivity contribution in [3.63, 3.8) is 0 Å². The van der Waals surface area contributed by atoms with Crippen molar-refractivity contribution in [3.8, 4) is 11.5 Å². The monoisotopic (exact) mass is 468 g/mol. The largest absolute Gasteiger partial charge is 0.504 e. The minimum atomic E-state index is -3.53. The van der Waals surface area contributed by atoms with Gasteiger partial charge in [0.15, 0.2) is 17.3 Å². The van der Waals surface area contributed by atoms with Gasteiger partial charge in [0.2, 0.25) is 5.82 Å². The van der Waals surface area contributed by atoms with Crippen LogP contribution in [0.15, 0.2) is 12.1 Å². The van der Waals surface area contributed by atoms with Crippen molar-refractivity contribution >= 4 is 5.78 Å². The number of hydrogen-bond donors (Lipinski definition) is 1. The van der Waals surface area contributed by atoms with E-state index in [2.05, 4.69) is 13.8 Å². The van der Waals surface area contributed by atoms with Gasteiger partial charge in [-0.2, -0.15) is 13.2 Å². The van der Waals surface area contributed by atoms with E-state index in [1.807, 2.05) is 0 Å². The molecule has 2 fully saturated rings. The van der Waals surface area contributed by atoms with Crippen LogP contribution in [0.5, 0.6) is 11.5 Å². The summed E-state index contributed by atoms with van der Waals surface area (Å²) in [6.45, 7) is 6.17. The molecular formula is C27H39F3O3. The van der Waals surface area contributed by atoms with E-state index in [0.29, 0.717) is 24.7 Å². The maximum Gasteiger partial charge on any atom is 0.400 e. The Labute approximate surface area is 196 Å². The number of aromatic hydroxyl groups is 1. The van der Waals surface area contributed by atoms with Crippen molar-refractivity contribution < 1.29 is 27.8 Å². The van der Waals surface area contributed by atoms with Crippen LogP contribution in [0.25, 0.3) is 0 Å². The fourth-order valence-corrected chi connectivity index (χ4v) is 6.07. The smallest absolute Gasteiger partial charge is 0.400 e. The van der Waals surface area contributed by atoms with E-state index in [0.717, 1.165) is 36.8 Å². The number of alkyl halides is 2. The minimum absolute atomic E-state index is 0.0754. The number of benzene rings is 1. The summed E-state index contributed by atoms with van der Waals surface area (Å²) in [6.07, 6.45) is 6.18. The number of Topliss-reactive ketones (excluding diaryl/α,β-unsaturated/α-hetero) is 1. The third-order valence-electron chi connectivity index (χ3n) is 8.23. The highest BCUT2D eigenvalue weighted by atomic mass is 19.3. The molecule has 2 aliphatic rings. The number of carbonyl (C=O) groups excluding carboxylic acids is 1. The first-order valence-electron chi connectivity index (χ1n) is 12.8. The van der Waals surface area contributed by atoms with Crippen molar-refractivity contribution in [1.82, 2.24) is 0 Å². The van der Waals surface area contributed by atoms with Crippen molar-refractivity contribution in [2.75, 3.05) is 0 Å². The molecule has 186 valence electrons. The third-order valence-corrected chi connectivity index (χ3v) is 8.23. The van der Waals surface area contributed by atoms with Crippen LogP contribution in [0.1, 0.15) is 102 Å². The van der Waals surface area contributed by atoms with Gasteiger partial charge in [0.1, 0.15) is 0 Å². The van der Waals surface area contributed by atoms with E-state index >= 15 is 0 Å². The van der Waals surface area contributed by atoms with Crippen LogP contribution in [0.4, 0.5) is 13.2 Å². The van der Waals surface area contributed by atoms with Crippen LogP contribution >= 0.6 is 0 Å². The highest BCUT2D eigenvalue weighted by molar-refractivity contribution is 5.98. The van der Waals surface area contributed by atoms with Gasteiger partial charge in [-0.3, -0.25) is 4.79 Å². The fraction of sp³-hybridized carbons (Fsp3) is 0.741. The van der Waals surface area contributed by atoms with Crippen LogP contribution < -0.4 is 4.74 Å². The second-order valence-electron chi connectivity index (χ2n) is 10.3. The molecular weight excluding hydrogens is 429 g/mol. The van der Waals surface area contributed by atoms with E-state index < -0.39 is 35.1 Å². The lowest BCUT2D eigenvalue weighted by Gasteiger charge is -2.40. The molecule has 2 aliphatic carbocycles. The number of phenols is 1. The number of phenolic OH excluding ortho intramolecular Hbond substituents is 1. The van der Waals surface area contributed by atoms with E-state index in [-0.39, 0.29) is 12.0 Å². The Kier molecular flexibility index (Phi) is 8.74. The summed E-state index contributed by atoms with van der Waals surface area (Å²) in [6, 6.07) is 2.15. The summed E-state index contributed by atoms with van der Waals surface area (Å²) < 4.78 is 49.0. The first-order valence-corrected chi connectivity index (χ1v) is 12.8. The lowest BCUT2D eigenvalue weighted by atomic mass is 9.67. The van der Waals surface area contributed by atoms with E-state index in [9.17, 15) is 23.1 Å². The van der Waals surface area contributed by atoms with Crippen LogP contribution in [-0.2, 0) is 0 Å². The van der Waals surface area contributed by atoms with E-state index in [1.165, 1.54) is 38.5 Å². The van der Waals surface area contributed by atoms with Crippen molar-refractivity contribution in [3.05, 3.63) is 23.5 Å². The first-order chi connectivity index (χ1) is 15.7. The highest BCUT2D eigenvalue weighted by Gasteiger charge is 2.45. The molecule has 1 aromatic carbocycles. The van der Waals surface area contributed by atoms with Gasteiger partial charge >= 0.3 is 6.11 Å². The molecule has 1 aromatic rings. The van der Waals surface area contributed by atoms with Crippen LogP contribution in [0.2, 0.25) is 0 Å². The van der Waals surface area contributed by atoms with Gasteiger partial charge in [-0.05, 0) is 87.2 Å². The molecule has 0 heterocycles. The van der Waals surface area contributed by atoms with Crippen molar-refractivity contribution in [2.45, 2.75) is 97.5 Å². The van der Waals surface area contributed by atoms with Gasteiger partial charge in [-0.1, -0.05) is 33.6 Å². The molecule has 1 unspecified atom stereocenters. The topological polar surface area (TPSA) is 46.5 Å². The number of halogens is 3. The molecule has 0 bridgehead atoms. The van der Waals surface area contributed by atoms with Crippen molar-refractivity contribution in [2.24, 2.45) is 29.6 Å². The van der Waals surface area contributed by atoms with Crippen LogP contribution in [0, 0.1) is 35.4 Å². The predicted molar refractivity (Wildman–Crippen MR) is 123 cm³/mol. The molecule has 0 radical (unpaired) electrons. The summed E-state index contributed by atoms with van der Waals surface area (Å²) in [5.74, 6) is -1.70. The zero-order valence-corrected chi connectivity index (χ0v) is 20.2. The Morgan fingerprint density at radius 3 is 2.18 bits per heavy atom. The zero-order chi connectivity index (χ0) is 24.2. The molecule has 0 spiro atoms. The molecule has 6 heteroatoms. The standard InChI is InChI=1S/C27H39F3O3/c1-4-6-17(3)18-7-9-19(10-8-18)20-11-13-21(14-12-20)27(29,30)33-24-16-15-22(23(31)5-2)26(32)25(24)28/h15-21,32H,4-14H2,1-3H3. The average Bonchev–Trinajstić information content (AvgIpc) is 2.82. The molecule has 0 aromatic heterocycles. The van der Waals surface area contributed by atoms with Crippen molar-refractivity contribution in [1.29, 1.82) is 0 Å². The molecule has 0 aliphatic heterocycles. The highest BCUT2D eigenvalue weighted by Crippen LogP contribution is 2.47. The zero-order valence-electron chi connectivity index (χ0n) is 20.2. The summed E-state index contributed by atoms with van der Waals surface area (Å²) in [5.41, 5.74) is -0.218. The second-order valence-corrected chi connectivity index (χ2v) is 10.3. The maximum absolute atomic E-state index is 14.9.